The molecule has 0 spiro atoms. The molecule has 1 aromatic heterocycles. The highest BCUT2D eigenvalue weighted by Crippen LogP contribution is 2.41. The summed E-state index contributed by atoms with van der Waals surface area (Å²) in [5, 5.41) is 10.2. The third-order valence-corrected chi connectivity index (χ3v) is 5.96. The average molecular weight is 379 g/mol. The normalized spacial score (nSPS) is 16.8. The van der Waals surface area contributed by atoms with Crippen LogP contribution in [0.4, 0.5) is 10.7 Å². The Morgan fingerprint density at radius 2 is 2.11 bits per heavy atom. The van der Waals surface area contributed by atoms with Crippen LogP contribution in [0.5, 0.6) is 0 Å². The van der Waals surface area contributed by atoms with Gasteiger partial charge in [0.15, 0.2) is 6.73 Å². The number of nitriles is 1. The fourth-order valence-electron chi connectivity index (χ4n) is 3.50. The lowest BCUT2D eigenvalue weighted by Crippen LogP contribution is -2.33. The Hall–Kier alpha value is -2.98. The molecule has 0 fully saturated rings. The lowest BCUT2D eigenvalue weighted by molar-refractivity contribution is -0.141. The first-order valence-electron chi connectivity index (χ1n) is 8.78. The summed E-state index contributed by atoms with van der Waals surface area (Å²) in [6, 6.07) is 9.55. The Kier molecular flexibility index (Phi) is 4.50. The Bertz CT molecular complexity index is 1020. The molecule has 1 aliphatic carbocycles. The van der Waals surface area contributed by atoms with Gasteiger partial charge in [0.05, 0.1) is 11.3 Å². The first-order valence-corrected chi connectivity index (χ1v) is 9.59. The van der Waals surface area contributed by atoms with E-state index in [-0.39, 0.29) is 18.3 Å². The number of para-hydroxylation sites is 1. The number of carbonyl (C=O) groups excluding carboxylic acids is 2. The Balaban J connectivity index is 1.78. The van der Waals surface area contributed by atoms with Crippen LogP contribution < -0.4 is 4.90 Å². The zero-order valence-corrected chi connectivity index (χ0v) is 15.6. The van der Waals surface area contributed by atoms with E-state index in [1.807, 2.05) is 18.2 Å². The molecule has 136 valence electrons. The van der Waals surface area contributed by atoms with Crippen molar-refractivity contribution in [2.75, 3.05) is 11.6 Å². The largest absolute Gasteiger partial charge is 0.444 e. The van der Waals surface area contributed by atoms with Crippen LogP contribution in [-0.2, 0) is 27.2 Å². The van der Waals surface area contributed by atoms with Crippen molar-refractivity contribution in [3.8, 4) is 6.07 Å². The predicted octanol–water partition coefficient (Wildman–Crippen LogP) is 3.49. The number of aryl methyl sites for hydroxylation is 1. The Labute approximate surface area is 160 Å². The number of ether oxygens (including phenoxy) is 1. The van der Waals surface area contributed by atoms with Gasteiger partial charge in [-0.05, 0) is 37.3 Å². The van der Waals surface area contributed by atoms with E-state index in [4.69, 9.17) is 4.74 Å². The number of thiophene rings is 1. The van der Waals surface area contributed by atoms with Crippen molar-refractivity contribution in [2.24, 2.45) is 4.99 Å². The highest BCUT2D eigenvalue weighted by molar-refractivity contribution is 7.16. The van der Waals surface area contributed by atoms with Crippen LogP contribution in [0.1, 0.15) is 41.3 Å². The van der Waals surface area contributed by atoms with Crippen LogP contribution in [0.25, 0.3) is 0 Å². The van der Waals surface area contributed by atoms with Gasteiger partial charge in [-0.15, -0.1) is 11.3 Å². The van der Waals surface area contributed by atoms with E-state index in [0.29, 0.717) is 21.8 Å². The van der Waals surface area contributed by atoms with Crippen molar-refractivity contribution in [3.63, 3.8) is 0 Å². The van der Waals surface area contributed by atoms with Gasteiger partial charge in [0.2, 0.25) is 0 Å². The Morgan fingerprint density at radius 3 is 2.89 bits per heavy atom. The molecule has 1 aromatic carbocycles. The molecule has 27 heavy (non-hydrogen) atoms. The molecule has 2 aromatic rings. The van der Waals surface area contributed by atoms with Gasteiger partial charge in [-0.3, -0.25) is 14.5 Å². The first kappa shape index (κ1) is 17.4. The minimum Gasteiger partial charge on any atom is -0.444 e. The average Bonchev–Trinajstić information content (AvgIpc) is 3.15. The number of hydrogen-bond donors (Lipinski definition) is 0. The number of hydrogen-bond acceptors (Lipinski definition) is 6. The van der Waals surface area contributed by atoms with Gasteiger partial charge in [-0.25, -0.2) is 4.99 Å². The summed E-state index contributed by atoms with van der Waals surface area (Å²) in [6.07, 6.45) is 4.05. The van der Waals surface area contributed by atoms with Gasteiger partial charge in [-0.1, -0.05) is 18.2 Å². The van der Waals surface area contributed by atoms with Crippen molar-refractivity contribution in [3.05, 3.63) is 45.8 Å². The number of fused-ring (bicyclic) bond motifs is 2. The van der Waals surface area contributed by atoms with Gasteiger partial charge >= 0.3 is 5.97 Å². The molecule has 2 heterocycles. The van der Waals surface area contributed by atoms with Crippen LogP contribution in [0.3, 0.4) is 0 Å². The number of anilines is 1. The highest BCUT2D eigenvalue weighted by Gasteiger charge is 2.35. The van der Waals surface area contributed by atoms with Crippen LogP contribution in [0, 0.1) is 11.3 Å². The molecule has 0 radical (unpaired) electrons. The van der Waals surface area contributed by atoms with E-state index < -0.39 is 5.97 Å². The highest BCUT2D eigenvalue weighted by atomic mass is 32.1. The van der Waals surface area contributed by atoms with Crippen molar-refractivity contribution >= 4 is 39.6 Å². The van der Waals surface area contributed by atoms with Crippen LogP contribution >= 0.6 is 11.3 Å². The summed E-state index contributed by atoms with van der Waals surface area (Å²) in [5.41, 5.74) is 3.30. The van der Waals surface area contributed by atoms with E-state index in [1.54, 1.807) is 6.07 Å². The molecule has 0 unspecified atom stereocenters. The molecule has 0 bridgehead atoms. The monoisotopic (exact) mass is 379 g/mol. The van der Waals surface area contributed by atoms with E-state index in [0.717, 1.165) is 31.2 Å². The second kappa shape index (κ2) is 6.97. The van der Waals surface area contributed by atoms with Crippen molar-refractivity contribution in [2.45, 2.75) is 32.6 Å². The fraction of sp³-hybridized carbons (Fsp3) is 0.300. The minimum atomic E-state index is -0.455. The predicted molar refractivity (Wildman–Crippen MR) is 102 cm³/mol. The minimum absolute atomic E-state index is 0.157. The maximum absolute atomic E-state index is 12.9. The van der Waals surface area contributed by atoms with E-state index in [9.17, 15) is 14.9 Å². The standard InChI is InChI=1S/C20H17N3O3S/c1-12(24)26-11-23-16-8-4-2-7-14(16)18(20(23)25)22-19-15(10-21)13-6-3-5-9-17(13)27-19/h2,4,7-8H,3,5-6,9,11H2,1H3/b22-18-. The van der Waals surface area contributed by atoms with Crippen molar-refractivity contribution < 1.29 is 14.3 Å². The van der Waals surface area contributed by atoms with Gasteiger partial charge in [0, 0.05) is 17.4 Å². The van der Waals surface area contributed by atoms with E-state index >= 15 is 0 Å². The maximum atomic E-state index is 12.9. The molecule has 2 aliphatic rings. The fourth-order valence-corrected chi connectivity index (χ4v) is 4.72. The third kappa shape index (κ3) is 3.02. The van der Waals surface area contributed by atoms with Crippen molar-refractivity contribution in [1.82, 2.24) is 0 Å². The van der Waals surface area contributed by atoms with Crippen LogP contribution in [0.2, 0.25) is 0 Å². The summed E-state index contributed by atoms with van der Waals surface area (Å²) in [7, 11) is 0. The third-order valence-electron chi connectivity index (χ3n) is 4.77. The molecular weight excluding hydrogens is 362 g/mol. The topological polar surface area (TPSA) is 82.8 Å². The molecule has 0 atom stereocenters. The molecule has 4 rings (SSSR count). The summed E-state index contributed by atoms with van der Waals surface area (Å²) >= 11 is 1.50. The number of amides is 1. The molecular formula is C20H17N3O3S. The van der Waals surface area contributed by atoms with Gasteiger partial charge in [-0.2, -0.15) is 5.26 Å². The quantitative estimate of drug-likeness (QED) is 0.765. The second-order valence-electron chi connectivity index (χ2n) is 6.48. The number of rotatable bonds is 3. The lowest BCUT2D eigenvalue weighted by atomic mass is 9.96. The SMILES string of the molecule is CC(=O)OCN1C(=O)/C(=N\c2sc3c(c2C#N)CCCC3)c2ccccc21. The number of carbonyl (C=O) groups is 2. The Morgan fingerprint density at radius 1 is 1.33 bits per heavy atom. The van der Waals surface area contributed by atoms with Crippen LogP contribution in [0.15, 0.2) is 29.3 Å². The summed E-state index contributed by atoms with van der Waals surface area (Å²) in [5.74, 6) is -0.781. The molecule has 1 aliphatic heterocycles. The zero-order chi connectivity index (χ0) is 19.0. The van der Waals surface area contributed by atoms with Crippen LogP contribution in [-0.4, -0.2) is 24.3 Å². The molecule has 1 amide bonds. The summed E-state index contributed by atoms with van der Waals surface area (Å²) in [6.45, 7) is 1.15. The maximum Gasteiger partial charge on any atom is 0.304 e. The molecule has 0 saturated heterocycles. The van der Waals surface area contributed by atoms with E-state index in [1.165, 1.54) is 28.0 Å². The molecule has 6 nitrogen and oxygen atoms in total. The number of esters is 1. The lowest BCUT2D eigenvalue weighted by Gasteiger charge is -2.15. The first-order chi connectivity index (χ1) is 13.1. The van der Waals surface area contributed by atoms with Gasteiger partial charge in [0.1, 0.15) is 16.8 Å². The van der Waals surface area contributed by atoms with E-state index in [2.05, 4.69) is 11.1 Å². The molecule has 7 heteroatoms. The molecule has 0 N–H and O–H groups in total. The smallest absolute Gasteiger partial charge is 0.304 e. The van der Waals surface area contributed by atoms with Gasteiger partial charge < -0.3 is 4.74 Å². The summed E-state index contributed by atoms with van der Waals surface area (Å²) in [4.78, 5) is 31.3. The van der Waals surface area contributed by atoms with Crippen molar-refractivity contribution in [1.29, 1.82) is 5.26 Å². The van der Waals surface area contributed by atoms with Gasteiger partial charge in [0.25, 0.3) is 5.91 Å². The number of benzene rings is 1. The number of nitrogens with zero attached hydrogens (tertiary/aromatic N) is 3. The number of aliphatic imine (C=N–C) groups is 1. The second-order valence-corrected chi connectivity index (χ2v) is 7.56. The summed E-state index contributed by atoms with van der Waals surface area (Å²) < 4.78 is 5.02. The zero-order valence-electron chi connectivity index (χ0n) is 14.8. The molecule has 0 saturated carbocycles.